The van der Waals surface area contributed by atoms with Crippen LogP contribution in [-0.4, -0.2) is 29.3 Å². The van der Waals surface area contributed by atoms with Gasteiger partial charge in [-0.15, -0.1) is 11.8 Å². The molecule has 5 nitrogen and oxygen atoms in total. The van der Waals surface area contributed by atoms with E-state index in [-0.39, 0.29) is 5.69 Å². The van der Waals surface area contributed by atoms with Crippen molar-refractivity contribution in [3.8, 4) is 5.75 Å². The molecule has 0 aliphatic rings. The number of carbonyl (C=O) groups excluding carboxylic acids is 1. The normalized spacial score (nSPS) is 10.8. The molecule has 0 atom stereocenters. The SMILES string of the molecule is COC(=O)c1cnc(C=Cc2cc(SC)ccc2OCc2ccccc2)cn1. The Hall–Kier alpha value is -3.12. The van der Waals surface area contributed by atoms with Crippen molar-refractivity contribution in [1.82, 2.24) is 9.97 Å². The van der Waals surface area contributed by atoms with Crippen LogP contribution in [-0.2, 0) is 11.3 Å². The Labute approximate surface area is 168 Å². The first-order chi connectivity index (χ1) is 13.7. The van der Waals surface area contributed by atoms with Crippen LogP contribution in [0.15, 0.2) is 65.8 Å². The molecule has 0 aliphatic heterocycles. The van der Waals surface area contributed by atoms with Crippen LogP contribution in [0.1, 0.15) is 27.3 Å². The van der Waals surface area contributed by atoms with Gasteiger partial charge >= 0.3 is 5.97 Å². The third kappa shape index (κ3) is 5.20. The number of rotatable bonds is 7. The van der Waals surface area contributed by atoms with Gasteiger partial charge in [-0.3, -0.25) is 4.98 Å². The molecule has 3 rings (SSSR count). The van der Waals surface area contributed by atoms with Gasteiger partial charge in [-0.2, -0.15) is 0 Å². The van der Waals surface area contributed by atoms with Crippen molar-refractivity contribution in [2.24, 2.45) is 0 Å². The van der Waals surface area contributed by atoms with Gasteiger partial charge in [0.15, 0.2) is 5.69 Å². The van der Waals surface area contributed by atoms with Crippen LogP contribution < -0.4 is 4.74 Å². The lowest BCUT2D eigenvalue weighted by Gasteiger charge is -2.11. The topological polar surface area (TPSA) is 61.3 Å². The third-order valence-electron chi connectivity index (χ3n) is 3.95. The monoisotopic (exact) mass is 392 g/mol. The van der Waals surface area contributed by atoms with E-state index in [1.165, 1.54) is 19.5 Å². The molecule has 3 aromatic rings. The molecular weight excluding hydrogens is 372 g/mol. The molecule has 0 amide bonds. The Balaban J connectivity index is 1.79. The summed E-state index contributed by atoms with van der Waals surface area (Å²) < 4.78 is 10.7. The van der Waals surface area contributed by atoms with Gasteiger partial charge in [0.05, 0.1) is 25.2 Å². The van der Waals surface area contributed by atoms with Crippen molar-refractivity contribution in [3.63, 3.8) is 0 Å². The predicted octanol–water partition coefficient (Wildman–Crippen LogP) is 4.73. The molecule has 1 heterocycles. The Kier molecular flexibility index (Phi) is 6.81. The van der Waals surface area contributed by atoms with Gasteiger partial charge < -0.3 is 9.47 Å². The molecule has 0 bridgehead atoms. The zero-order chi connectivity index (χ0) is 19.8. The van der Waals surface area contributed by atoms with E-state index in [9.17, 15) is 4.79 Å². The molecule has 6 heteroatoms. The molecule has 0 saturated carbocycles. The molecule has 0 radical (unpaired) electrons. The van der Waals surface area contributed by atoms with Crippen LogP contribution in [0.3, 0.4) is 0 Å². The van der Waals surface area contributed by atoms with Crippen molar-refractivity contribution >= 4 is 29.9 Å². The first-order valence-electron chi connectivity index (χ1n) is 8.63. The van der Waals surface area contributed by atoms with E-state index in [1.54, 1.807) is 11.8 Å². The van der Waals surface area contributed by atoms with E-state index in [0.717, 1.165) is 21.8 Å². The van der Waals surface area contributed by atoms with Crippen molar-refractivity contribution in [2.75, 3.05) is 13.4 Å². The van der Waals surface area contributed by atoms with E-state index < -0.39 is 5.97 Å². The van der Waals surface area contributed by atoms with E-state index in [1.807, 2.05) is 60.9 Å². The number of esters is 1. The number of carbonyl (C=O) groups is 1. The number of ether oxygens (including phenoxy) is 2. The zero-order valence-corrected chi connectivity index (χ0v) is 16.5. The second-order valence-electron chi connectivity index (χ2n) is 5.83. The number of hydrogen-bond donors (Lipinski definition) is 0. The summed E-state index contributed by atoms with van der Waals surface area (Å²) in [4.78, 5) is 20.9. The maximum atomic E-state index is 11.4. The lowest BCUT2D eigenvalue weighted by molar-refractivity contribution is 0.0593. The van der Waals surface area contributed by atoms with Crippen molar-refractivity contribution in [3.05, 3.63) is 83.4 Å². The number of methoxy groups -OCH3 is 1. The molecule has 28 heavy (non-hydrogen) atoms. The number of thioether (sulfide) groups is 1. The highest BCUT2D eigenvalue weighted by molar-refractivity contribution is 7.98. The van der Waals surface area contributed by atoms with Crippen LogP contribution in [0.25, 0.3) is 12.2 Å². The summed E-state index contributed by atoms with van der Waals surface area (Å²) in [5.41, 5.74) is 2.87. The molecule has 0 unspecified atom stereocenters. The molecule has 0 spiro atoms. The number of hydrogen-bond acceptors (Lipinski definition) is 6. The first-order valence-corrected chi connectivity index (χ1v) is 9.85. The van der Waals surface area contributed by atoms with Gasteiger partial charge in [-0.1, -0.05) is 30.3 Å². The van der Waals surface area contributed by atoms with Crippen LogP contribution in [0.2, 0.25) is 0 Å². The van der Waals surface area contributed by atoms with Crippen molar-refractivity contribution < 1.29 is 14.3 Å². The first kappa shape index (κ1) is 19.6. The molecule has 0 N–H and O–H groups in total. The minimum atomic E-state index is -0.507. The fraction of sp³-hybridized carbons (Fsp3) is 0.136. The van der Waals surface area contributed by atoms with Crippen LogP contribution in [0.4, 0.5) is 0 Å². The van der Waals surface area contributed by atoms with Gasteiger partial charge in [0.25, 0.3) is 0 Å². The zero-order valence-electron chi connectivity index (χ0n) is 15.7. The van der Waals surface area contributed by atoms with Crippen LogP contribution in [0.5, 0.6) is 5.75 Å². The molecule has 0 fully saturated rings. The standard InChI is InChI=1S/C22H20N2O3S/c1-26-22(25)20-14-23-18(13-24-20)9-8-17-12-19(28-2)10-11-21(17)27-15-16-6-4-3-5-7-16/h3-14H,15H2,1-2H3. The Morgan fingerprint density at radius 2 is 1.89 bits per heavy atom. The minimum absolute atomic E-state index is 0.177. The average Bonchev–Trinajstić information content (AvgIpc) is 2.77. The minimum Gasteiger partial charge on any atom is -0.488 e. The number of aromatic nitrogens is 2. The summed E-state index contributed by atoms with van der Waals surface area (Å²) in [5, 5.41) is 0. The summed E-state index contributed by atoms with van der Waals surface area (Å²) in [6, 6.07) is 16.1. The number of benzene rings is 2. The van der Waals surface area contributed by atoms with E-state index in [4.69, 9.17) is 4.74 Å². The second kappa shape index (κ2) is 9.71. The van der Waals surface area contributed by atoms with Crippen molar-refractivity contribution in [1.29, 1.82) is 0 Å². The number of nitrogens with zero attached hydrogens (tertiary/aromatic N) is 2. The molecule has 142 valence electrons. The lowest BCUT2D eigenvalue weighted by atomic mass is 10.1. The van der Waals surface area contributed by atoms with Gasteiger partial charge in [0.1, 0.15) is 12.4 Å². The maximum Gasteiger partial charge on any atom is 0.358 e. The van der Waals surface area contributed by atoms with Crippen molar-refractivity contribution in [2.45, 2.75) is 11.5 Å². The molecule has 0 saturated heterocycles. The van der Waals surface area contributed by atoms with Gasteiger partial charge in [-0.25, -0.2) is 9.78 Å². The second-order valence-corrected chi connectivity index (χ2v) is 6.71. The summed E-state index contributed by atoms with van der Waals surface area (Å²) in [5.74, 6) is 0.282. The molecule has 2 aromatic carbocycles. The molecular formula is C22H20N2O3S. The Morgan fingerprint density at radius 1 is 1.07 bits per heavy atom. The fourth-order valence-electron chi connectivity index (χ4n) is 2.46. The van der Waals surface area contributed by atoms with Gasteiger partial charge in [0.2, 0.25) is 0 Å². The Bertz CT molecular complexity index is 957. The largest absolute Gasteiger partial charge is 0.488 e. The highest BCUT2D eigenvalue weighted by atomic mass is 32.2. The predicted molar refractivity (Wildman–Crippen MR) is 111 cm³/mol. The Morgan fingerprint density at radius 3 is 2.57 bits per heavy atom. The quantitative estimate of drug-likeness (QED) is 0.428. The third-order valence-corrected chi connectivity index (χ3v) is 4.68. The van der Waals surface area contributed by atoms with E-state index in [0.29, 0.717) is 12.3 Å². The van der Waals surface area contributed by atoms with Gasteiger partial charge in [-0.05, 0) is 42.2 Å². The molecule has 1 aromatic heterocycles. The summed E-state index contributed by atoms with van der Waals surface area (Å²) in [6.07, 6.45) is 8.73. The van der Waals surface area contributed by atoms with Crippen LogP contribution >= 0.6 is 11.8 Å². The highest BCUT2D eigenvalue weighted by Crippen LogP contribution is 2.27. The average molecular weight is 392 g/mol. The lowest BCUT2D eigenvalue weighted by Crippen LogP contribution is -2.04. The summed E-state index contributed by atoms with van der Waals surface area (Å²) in [6.45, 7) is 0.494. The fourth-order valence-corrected chi connectivity index (χ4v) is 2.91. The highest BCUT2D eigenvalue weighted by Gasteiger charge is 2.07. The maximum absolute atomic E-state index is 11.4. The summed E-state index contributed by atoms with van der Waals surface area (Å²) >= 11 is 1.67. The molecule has 0 aliphatic carbocycles. The van der Waals surface area contributed by atoms with E-state index in [2.05, 4.69) is 20.8 Å². The summed E-state index contributed by atoms with van der Waals surface area (Å²) in [7, 11) is 1.31. The smallest absolute Gasteiger partial charge is 0.358 e. The van der Waals surface area contributed by atoms with E-state index >= 15 is 0 Å². The van der Waals surface area contributed by atoms with Crippen LogP contribution in [0, 0.1) is 0 Å². The van der Waals surface area contributed by atoms with Gasteiger partial charge in [0, 0.05) is 10.5 Å².